The van der Waals surface area contributed by atoms with E-state index in [4.69, 9.17) is 10.2 Å². The topological polar surface area (TPSA) is 74.6 Å². The molecular weight excluding hydrogens is 207 g/mol. The summed E-state index contributed by atoms with van der Waals surface area (Å²) in [5.74, 6) is -2.50. The van der Waals surface area contributed by atoms with Crippen LogP contribution in [-0.2, 0) is 9.59 Å². The van der Waals surface area contributed by atoms with Gasteiger partial charge in [-0.05, 0) is 11.8 Å². The average molecular weight is 226 g/mol. The van der Waals surface area contributed by atoms with Crippen molar-refractivity contribution >= 4 is 41.5 Å². The van der Waals surface area contributed by atoms with Crippen LogP contribution in [0, 0.1) is 10.8 Å². The second-order valence-corrected chi connectivity index (χ2v) is 4.52. The maximum absolute atomic E-state index is 11.1. The second-order valence-electron chi connectivity index (χ2n) is 4.52. The minimum atomic E-state index is -1.68. The molecule has 0 aliphatic rings. The zero-order chi connectivity index (χ0) is 11.6. The van der Waals surface area contributed by atoms with Gasteiger partial charge in [0.05, 0.1) is 0 Å². The molecule has 0 aromatic carbocycles. The molecule has 0 aliphatic heterocycles. The van der Waals surface area contributed by atoms with E-state index in [0.717, 1.165) is 0 Å². The fraction of sp³-hybridized carbons (Fsp3) is 0.800. The predicted molar refractivity (Wildman–Crippen MR) is 59.2 cm³/mol. The molecule has 0 bridgehead atoms. The van der Waals surface area contributed by atoms with Crippen LogP contribution < -0.4 is 0 Å². The van der Waals surface area contributed by atoms with Crippen LogP contribution in [0.2, 0.25) is 0 Å². The molecule has 0 aliphatic carbocycles. The molecule has 0 saturated carbocycles. The van der Waals surface area contributed by atoms with E-state index in [1.54, 1.807) is 27.7 Å². The Morgan fingerprint density at radius 1 is 1.07 bits per heavy atom. The summed E-state index contributed by atoms with van der Waals surface area (Å²) < 4.78 is 0. The molecule has 0 unspecified atom stereocenters. The molecule has 15 heavy (non-hydrogen) atoms. The van der Waals surface area contributed by atoms with Crippen molar-refractivity contribution in [1.82, 2.24) is 0 Å². The van der Waals surface area contributed by atoms with Crippen LogP contribution in [0.4, 0.5) is 0 Å². The first-order valence-corrected chi connectivity index (χ1v) is 4.67. The van der Waals surface area contributed by atoms with Gasteiger partial charge >= 0.3 is 41.5 Å². The summed E-state index contributed by atoms with van der Waals surface area (Å²) in [5, 5.41) is 18.2. The number of hydrogen-bond acceptors (Lipinski definition) is 2. The molecular formula is C10H19NaO4. The SMILES string of the molecule is CCCC(C(=O)O)(C(=O)O)C(C)(C)C.[NaH]. The third-order valence-electron chi connectivity index (χ3n) is 2.64. The molecule has 2 N–H and O–H groups in total. The average Bonchev–Trinajstić information content (AvgIpc) is 1.95. The molecule has 0 amide bonds. The van der Waals surface area contributed by atoms with E-state index in [1.807, 2.05) is 0 Å². The summed E-state index contributed by atoms with van der Waals surface area (Å²) in [6.45, 7) is 6.72. The number of carboxylic acid groups (broad SMARTS) is 2. The molecule has 0 aromatic heterocycles. The van der Waals surface area contributed by atoms with E-state index in [0.29, 0.717) is 6.42 Å². The molecule has 4 nitrogen and oxygen atoms in total. The fourth-order valence-electron chi connectivity index (χ4n) is 1.70. The number of carbonyl (C=O) groups is 2. The van der Waals surface area contributed by atoms with Gasteiger partial charge in [0.2, 0.25) is 0 Å². The van der Waals surface area contributed by atoms with E-state index in [1.165, 1.54) is 0 Å². The van der Waals surface area contributed by atoms with Crippen LogP contribution in [0.1, 0.15) is 40.5 Å². The summed E-state index contributed by atoms with van der Waals surface area (Å²) in [5.41, 5.74) is -2.47. The van der Waals surface area contributed by atoms with Crippen molar-refractivity contribution in [2.75, 3.05) is 0 Å². The monoisotopic (exact) mass is 226 g/mol. The van der Waals surface area contributed by atoms with Crippen molar-refractivity contribution in [2.24, 2.45) is 10.8 Å². The molecule has 0 heterocycles. The summed E-state index contributed by atoms with van der Waals surface area (Å²) in [4.78, 5) is 22.2. The Kier molecular flexibility index (Phi) is 6.79. The second kappa shape index (κ2) is 5.87. The number of hydrogen-bond donors (Lipinski definition) is 2. The molecule has 0 aromatic rings. The van der Waals surface area contributed by atoms with Crippen LogP contribution in [-0.4, -0.2) is 51.7 Å². The normalized spacial score (nSPS) is 11.7. The van der Waals surface area contributed by atoms with Crippen LogP contribution in [0.25, 0.3) is 0 Å². The molecule has 84 valence electrons. The third-order valence-corrected chi connectivity index (χ3v) is 2.64. The Labute approximate surface area is 112 Å². The molecule has 0 fully saturated rings. The first-order valence-electron chi connectivity index (χ1n) is 4.67. The Bertz CT molecular complexity index is 228. The van der Waals surface area contributed by atoms with Gasteiger partial charge in [0.15, 0.2) is 5.41 Å². The molecule has 0 atom stereocenters. The Balaban J connectivity index is 0. The van der Waals surface area contributed by atoms with Gasteiger partial charge in [-0.2, -0.15) is 0 Å². The van der Waals surface area contributed by atoms with Gasteiger partial charge in [0.25, 0.3) is 0 Å². The van der Waals surface area contributed by atoms with Crippen LogP contribution in [0.15, 0.2) is 0 Å². The molecule has 0 saturated heterocycles. The van der Waals surface area contributed by atoms with Crippen molar-refractivity contribution in [3.63, 3.8) is 0 Å². The Morgan fingerprint density at radius 2 is 1.40 bits per heavy atom. The van der Waals surface area contributed by atoms with Crippen molar-refractivity contribution in [1.29, 1.82) is 0 Å². The van der Waals surface area contributed by atoms with Gasteiger partial charge in [-0.25, -0.2) is 0 Å². The Hall–Kier alpha value is -0.0600. The van der Waals surface area contributed by atoms with Crippen molar-refractivity contribution in [2.45, 2.75) is 40.5 Å². The van der Waals surface area contributed by atoms with E-state index in [-0.39, 0.29) is 36.0 Å². The first-order chi connectivity index (χ1) is 6.20. The van der Waals surface area contributed by atoms with Gasteiger partial charge in [-0.15, -0.1) is 0 Å². The van der Waals surface area contributed by atoms with E-state index < -0.39 is 22.8 Å². The summed E-state index contributed by atoms with van der Waals surface area (Å²) in [7, 11) is 0. The van der Waals surface area contributed by atoms with Crippen molar-refractivity contribution in [3.05, 3.63) is 0 Å². The van der Waals surface area contributed by atoms with E-state index in [9.17, 15) is 9.59 Å². The fourth-order valence-corrected chi connectivity index (χ4v) is 1.70. The maximum atomic E-state index is 11.1. The van der Waals surface area contributed by atoms with Gasteiger partial charge in [0, 0.05) is 0 Å². The van der Waals surface area contributed by atoms with Gasteiger partial charge in [-0.1, -0.05) is 34.1 Å². The molecule has 0 radical (unpaired) electrons. The molecule has 0 rings (SSSR count). The van der Waals surface area contributed by atoms with Crippen molar-refractivity contribution in [3.8, 4) is 0 Å². The third kappa shape index (κ3) is 3.20. The van der Waals surface area contributed by atoms with Crippen LogP contribution in [0.3, 0.4) is 0 Å². The quantitative estimate of drug-likeness (QED) is 0.560. The summed E-state index contributed by atoms with van der Waals surface area (Å²) in [6, 6.07) is 0. The van der Waals surface area contributed by atoms with Crippen LogP contribution in [0.5, 0.6) is 0 Å². The van der Waals surface area contributed by atoms with E-state index >= 15 is 0 Å². The standard InChI is InChI=1S/C10H18O4.Na.H/c1-5-6-10(7(11)12,8(13)14)9(2,3)4;;/h5-6H2,1-4H3,(H,11,12)(H,13,14);;. The molecule has 5 heteroatoms. The zero-order valence-corrected chi connectivity index (χ0v) is 9.13. The summed E-state index contributed by atoms with van der Waals surface area (Å²) in [6.07, 6.45) is 0.692. The van der Waals surface area contributed by atoms with Crippen LogP contribution >= 0.6 is 0 Å². The van der Waals surface area contributed by atoms with Gasteiger partial charge in [0.1, 0.15) is 0 Å². The number of carboxylic acids is 2. The summed E-state index contributed by atoms with van der Waals surface area (Å²) >= 11 is 0. The Morgan fingerprint density at radius 3 is 1.47 bits per heavy atom. The minimum absolute atomic E-state index is 0. The van der Waals surface area contributed by atoms with Gasteiger partial charge in [-0.3, -0.25) is 9.59 Å². The number of aliphatic carboxylic acids is 2. The predicted octanol–water partition coefficient (Wildman–Crippen LogP) is 1.34. The zero-order valence-electron chi connectivity index (χ0n) is 9.13. The molecule has 0 spiro atoms. The number of rotatable bonds is 4. The van der Waals surface area contributed by atoms with Gasteiger partial charge < -0.3 is 10.2 Å². The first kappa shape index (κ1) is 17.3. The van der Waals surface area contributed by atoms with E-state index in [2.05, 4.69) is 0 Å². The van der Waals surface area contributed by atoms with Crippen molar-refractivity contribution < 1.29 is 19.8 Å².